The Kier molecular flexibility index (Phi) is 10.6. The summed E-state index contributed by atoms with van der Waals surface area (Å²) in [4.78, 5) is 0. The fraction of sp³-hybridized carbons (Fsp3) is 0.947. The van der Waals surface area contributed by atoms with Crippen LogP contribution in [0, 0.1) is 0 Å². The van der Waals surface area contributed by atoms with Gasteiger partial charge in [-0.05, 0) is 19.3 Å². The van der Waals surface area contributed by atoms with Crippen LogP contribution in [-0.4, -0.2) is 23.3 Å². The average molecular weight is 310 g/mol. The summed E-state index contributed by atoms with van der Waals surface area (Å²) in [5.74, 6) is 0. The second kappa shape index (κ2) is 11.9. The van der Waals surface area contributed by atoms with E-state index in [4.69, 9.17) is 0 Å². The summed E-state index contributed by atoms with van der Waals surface area (Å²) in [6.45, 7) is 7.88. The molecule has 0 amide bonds. The third-order valence-electron chi connectivity index (χ3n) is 5.42. The molecule has 1 heterocycles. The Balaban J connectivity index is 2.06. The Bertz CT molecular complexity index is 276. The third kappa shape index (κ3) is 6.68. The van der Waals surface area contributed by atoms with Crippen molar-refractivity contribution in [2.45, 2.75) is 110 Å². The summed E-state index contributed by atoms with van der Waals surface area (Å²) in [5.41, 5.74) is 3.49. The molecule has 0 aromatic carbocycles. The van der Waals surface area contributed by atoms with Gasteiger partial charge in [0.2, 0.25) is 0 Å². The number of nitrogens with zero attached hydrogens (tertiary/aromatic N) is 2. The fourth-order valence-corrected chi connectivity index (χ4v) is 3.64. The van der Waals surface area contributed by atoms with Gasteiger partial charge in [0.25, 0.3) is 0 Å². The molecule has 1 aliphatic heterocycles. The highest BCUT2D eigenvalue weighted by molar-refractivity contribution is 5.60. The van der Waals surface area contributed by atoms with Crippen LogP contribution in [0.4, 0.5) is 0 Å². The van der Waals surface area contributed by atoms with Crippen LogP contribution in [0.5, 0.6) is 0 Å². The Morgan fingerprint density at radius 2 is 1.41 bits per heavy atom. The van der Waals surface area contributed by atoms with E-state index in [0.717, 1.165) is 6.54 Å². The van der Waals surface area contributed by atoms with Crippen molar-refractivity contribution in [3.8, 4) is 0 Å². The van der Waals surface area contributed by atoms with Crippen molar-refractivity contribution in [1.29, 1.82) is 0 Å². The summed E-state index contributed by atoms with van der Waals surface area (Å²) in [7, 11) is 0. The molecule has 0 fully saturated rings. The first-order chi connectivity index (χ1) is 10.8. The van der Waals surface area contributed by atoms with Gasteiger partial charge in [-0.25, -0.2) is 5.53 Å². The molecule has 0 aromatic rings. The van der Waals surface area contributed by atoms with E-state index >= 15 is 0 Å². The van der Waals surface area contributed by atoms with E-state index in [1.807, 2.05) is 6.21 Å². The predicted octanol–water partition coefficient (Wildman–Crippen LogP) is 5.66. The molecule has 0 atom stereocenters. The molecule has 1 N–H and O–H groups in total. The monoisotopic (exact) mass is 309 g/mol. The van der Waals surface area contributed by atoms with Gasteiger partial charge in [-0.2, -0.15) is 10.1 Å². The zero-order valence-electron chi connectivity index (χ0n) is 15.4. The average Bonchev–Trinajstić information content (AvgIpc) is 3.08. The van der Waals surface area contributed by atoms with E-state index in [1.165, 1.54) is 83.5 Å². The molecule has 0 radical (unpaired) electrons. The third-order valence-corrected chi connectivity index (χ3v) is 5.42. The van der Waals surface area contributed by atoms with Gasteiger partial charge in [-0.1, -0.05) is 85.0 Å². The summed E-state index contributed by atoms with van der Waals surface area (Å²) in [6, 6.07) is 0. The Labute approximate surface area is 138 Å². The first-order valence-corrected chi connectivity index (χ1v) is 9.84. The van der Waals surface area contributed by atoms with E-state index in [9.17, 15) is 0 Å². The summed E-state index contributed by atoms with van der Waals surface area (Å²) in [6.07, 6.45) is 19.9. The standard InChI is InChI=1S/C19H39N3/c1-4-7-8-9-10-11-12-13-14-15-16-19(5-2,6-3)22-18-17-20-21-22/h17,21H,4-16,18H2,1-3H3. The maximum atomic E-state index is 4.18. The molecule has 0 aromatic heterocycles. The first-order valence-electron chi connectivity index (χ1n) is 9.84. The molecule has 0 saturated carbocycles. The van der Waals surface area contributed by atoms with Crippen molar-refractivity contribution >= 4 is 6.21 Å². The van der Waals surface area contributed by atoms with Gasteiger partial charge in [0, 0.05) is 11.8 Å². The molecule has 1 rings (SSSR count). The van der Waals surface area contributed by atoms with Crippen molar-refractivity contribution in [3.63, 3.8) is 0 Å². The minimum absolute atomic E-state index is 0.302. The van der Waals surface area contributed by atoms with Crippen LogP contribution >= 0.6 is 0 Å². The van der Waals surface area contributed by atoms with Crippen LogP contribution in [0.25, 0.3) is 0 Å². The lowest BCUT2D eigenvalue weighted by molar-refractivity contribution is 0.0444. The number of hydrazone groups is 1. The van der Waals surface area contributed by atoms with Crippen molar-refractivity contribution in [2.75, 3.05) is 6.54 Å². The van der Waals surface area contributed by atoms with Gasteiger partial charge in [0.05, 0.1) is 6.54 Å². The molecule has 0 saturated heterocycles. The molecule has 3 heteroatoms. The van der Waals surface area contributed by atoms with Gasteiger partial charge >= 0.3 is 0 Å². The quantitative estimate of drug-likeness (QED) is 0.419. The van der Waals surface area contributed by atoms with E-state index < -0.39 is 0 Å². The normalized spacial score (nSPS) is 15.4. The highest BCUT2D eigenvalue weighted by Crippen LogP contribution is 2.29. The number of hydrazine groups is 1. The van der Waals surface area contributed by atoms with Gasteiger partial charge < -0.3 is 0 Å². The minimum atomic E-state index is 0.302. The van der Waals surface area contributed by atoms with Crippen LogP contribution in [0.2, 0.25) is 0 Å². The summed E-state index contributed by atoms with van der Waals surface area (Å²) in [5, 5.41) is 6.52. The molecule has 0 unspecified atom stereocenters. The van der Waals surface area contributed by atoms with Crippen LogP contribution in [0.3, 0.4) is 0 Å². The van der Waals surface area contributed by atoms with Crippen LogP contribution in [-0.2, 0) is 0 Å². The number of hydrogen-bond acceptors (Lipinski definition) is 3. The van der Waals surface area contributed by atoms with E-state index in [2.05, 4.69) is 36.4 Å². The fourth-order valence-electron chi connectivity index (χ4n) is 3.64. The first kappa shape index (κ1) is 19.5. The minimum Gasteiger partial charge on any atom is -0.240 e. The second-order valence-electron chi connectivity index (χ2n) is 6.89. The zero-order chi connectivity index (χ0) is 16.1. The maximum Gasteiger partial charge on any atom is 0.0573 e. The van der Waals surface area contributed by atoms with Crippen LogP contribution < -0.4 is 5.53 Å². The summed E-state index contributed by atoms with van der Waals surface area (Å²) >= 11 is 0. The smallest absolute Gasteiger partial charge is 0.0573 e. The molecular weight excluding hydrogens is 270 g/mol. The van der Waals surface area contributed by atoms with Crippen LogP contribution in [0.1, 0.15) is 104 Å². The Morgan fingerprint density at radius 3 is 1.86 bits per heavy atom. The summed E-state index contributed by atoms with van der Waals surface area (Å²) < 4.78 is 0. The van der Waals surface area contributed by atoms with Gasteiger partial charge in [-0.3, -0.25) is 0 Å². The molecule has 3 nitrogen and oxygen atoms in total. The van der Waals surface area contributed by atoms with Gasteiger partial charge in [-0.15, -0.1) is 0 Å². The lowest BCUT2D eigenvalue weighted by atomic mass is 9.86. The Hall–Kier alpha value is -0.570. The molecule has 0 bridgehead atoms. The largest absolute Gasteiger partial charge is 0.240 e. The van der Waals surface area contributed by atoms with E-state index in [0.29, 0.717) is 5.54 Å². The van der Waals surface area contributed by atoms with E-state index in [-0.39, 0.29) is 0 Å². The SMILES string of the molecule is CCCCCCCCCCCCC(CC)(CC)N1CC=NN1. The molecule has 1 aliphatic rings. The number of nitrogens with one attached hydrogen (secondary N) is 1. The van der Waals surface area contributed by atoms with Gasteiger partial charge in [0.15, 0.2) is 0 Å². The van der Waals surface area contributed by atoms with Gasteiger partial charge in [0.1, 0.15) is 0 Å². The molecule has 0 aliphatic carbocycles. The predicted molar refractivity (Wildman–Crippen MR) is 98.1 cm³/mol. The highest BCUT2D eigenvalue weighted by atomic mass is 15.7. The zero-order valence-corrected chi connectivity index (χ0v) is 15.4. The van der Waals surface area contributed by atoms with Crippen molar-refractivity contribution in [1.82, 2.24) is 10.5 Å². The topological polar surface area (TPSA) is 27.6 Å². The van der Waals surface area contributed by atoms with Crippen molar-refractivity contribution < 1.29 is 0 Å². The molecule has 130 valence electrons. The maximum absolute atomic E-state index is 4.18. The van der Waals surface area contributed by atoms with E-state index in [1.54, 1.807) is 0 Å². The number of unbranched alkanes of at least 4 members (excludes halogenated alkanes) is 9. The van der Waals surface area contributed by atoms with Crippen LogP contribution in [0.15, 0.2) is 5.10 Å². The lowest BCUT2D eigenvalue weighted by Gasteiger charge is -2.40. The molecular formula is C19H39N3. The Morgan fingerprint density at radius 1 is 0.864 bits per heavy atom. The number of hydrogen-bond donors (Lipinski definition) is 1. The molecule has 0 spiro atoms. The lowest BCUT2D eigenvalue weighted by Crippen LogP contribution is -2.51. The highest BCUT2D eigenvalue weighted by Gasteiger charge is 2.33. The second-order valence-corrected chi connectivity index (χ2v) is 6.89. The molecule has 22 heavy (non-hydrogen) atoms. The number of rotatable bonds is 14. The van der Waals surface area contributed by atoms with Crippen molar-refractivity contribution in [2.24, 2.45) is 5.10 Å². The van der Waals surface area contributed by atoms with Crippen molar-refractivity contribution in [3.05, 3.63) is 0 Å².